The zero-order valence-electron chi connectivity index (χ0n) is 20.1. The summed E-state index contributed by atoms with van der Waals surface area (Å²) >= 11 is 0.756. The summed E-state index contributed by atoms with van der Waals surface area (Å²) in [5.74, 6) is -1.98. The molecular formula is C26H25N3O7S. The molecule has 4 rings (SSSR count). The topological polar surface area (TPSA) is 122 Å². The summed E-state index contributed by atoms with van der Waals surface area (Å²) in [6, 6.07) is 13.4. The molecule has 2 heterocycles. The van der Waals surface area contributed by atoms with Gasteiger partial charge >= 0.3 is 5.97 Å². The molecule has 2 aromatic rings. The highest BCUT2D eigenvalue weighted by Crippen LogP contribution is 2.32. The molecule has 2 aliphatic rings. The van der Waals surface area contributed by atoms with Crippen LogP contribution in [0.2, 0.25) is 0 Å². The summed E-state index contributed by atoms with van der Waals surface area (Å²) in [6.07, 6.45) is 1.52. The van der Waals surface area contributed by atoms with Crippen LogP contribution in [0.4, 0.5) is 10.5 Å². The Labute approximate surface area is 217 Å². The number of ether oxygens (including phenoxy) is 2. The van der Waals surface area contributed by atoms with Gasteiger partial charge in [-0.3, -0.25) is 24.1 Å². The van der Waals surface area contributed by atoms with Crippen molar-refractivity contribution in [1.82, 2.24) is 9.80 Å². The van der Waals surface area contributed by atoms with Crippen LogP contribution in [0.15, 0.2) is 53.4 Å². The van der Waals surface area contributed by atoms with Crippen LogP contribution >= 0.6 is 11.8 Å². The Hall–Kier alpha value is -3.96. The van der Waals surface area contributed by atoms with Gasteiger partial charge in [-0.05, 0) is 54.6 Å². The Bertz CT molecular complexity index is 1240. The Balaban J connectivity index is 1.30. The Morgan fingerprint density at radius 2 is 1.70 bits per heavy atom. The molecule has 10 nitrogen and oxygen atoms in total. The fourth-order valence-electron chi connectivity index (χ4n) is 3.60. The molecule has 1 N–H and O–H groups in total. The zero-order chi connectivity index (χ0) is 26.4. The minimum atomic E-state index is -0.674. The van der Waals surface area contributed by atoms with Crippen molar-refractivity contribution >= 4 is 52.5 Å². The Kier molecular flexibility index (Phi) is 8.36. The maximum absolute atomic E-state index is 12.7. The standard InChI is InChI=1S/C26H25N3O7S/c1-17-2-8-20(9-3-17)27-22(30)16-36-25(33)19-6-4-18(5-7-19)14-21-24(32)29(26(34)37-21)15-23(31)28-10-12-35-13-11-28/h2-9,14H,10-13,15-16H2,1H3,(H,27,30)/b21-14-. The number of amides is 4. The normalized spacial score (nSPS) is 16.7. The number of benzene rings is 2. The molecule has 2 aliphatic heterocycles. The highest BCUT2D eigenvalue weighted by atomic mass is 32.2. The van der Waals surface area contributed by atoms with Crippen LogP contribution in [-0.2, 0) is 23.9 Å². The first-order chi connectivity index (χ1) is 17.8. The lowest BCUT2D eigenvalue weighted by molar-refractivity contribution is -0.139. The van der Waals surface area contributed by atoms with Crippen LogP contribution in [-0.4, -0.2) is 78.2 Å². The molecule has 0 radical (unpaired) electrons. The number of thioether (sulfide) groups is 1. The van der Waals surface area contributed by atoms with Crippen LogP contribution in [0.3, 0.4) is 0 Å². The van der Waals surface area contributed by atoms with Gasteiger partial charge in [-0.2, -0.15) is 0 Å². The number of imide groups is 1. The van der Waals surface area contributed by atoms with E-state index >= 15 is 0 Å². The minimum absolute atomic E-state index is 0.183. The highest BCUT2D eigenvalue weighted by Gasteiger charge is 2.37. The number of nitrogens with zero attached hydrogens (tertiary/aromatic N) is 2. The third-order valence-electron chi connectivity index (χ3n) is 5.64. The first-order valence-corrected chi connectivity index (χ1v) is 12.4. The smallest absolute Gasteiger partial charge is 0.338 e. The van der Waals surface area contributed by atoms with Crippen molar-refractivity contribution in [2.24, 2.45) is 0 Å². The monoisotopic (exact) mass is 523 g/mol. The van der Waals surface area contributed by atoms with Crippen molar-refractivity contribution in [3.63, 3.8) is 0 Å². The van der Waals surface area contributed by atoms with Crippen LogP contribution < -0.4 is 5.32 Å². The first-order valence-electron chi connectivity index (χ1n) is 11.5. The van der Waals surface area contributed by atoms with Gasteiger partial charge in [-0.1, -0.05) is 29.8 Å². The summed E-state index contributed by atoms with van der Waals surface area (Å²) in [6.45, 7) is 2.89. The SMILES string of the molecule is Cc1ccc(NC(=O)COC(=O)c2ccc(/C=C3\SC(=O)N(CC(=O)N4CCOCC4)C3=O)cc2)cc1. The summed E-state index contributed by atoms with van der Waals surface area (Å²) in [5.41, 5.74) is 2.47. The Morgan fingerprint density at radius 3 is 2.38 bits per heavy atom. The van der Waals surface area contributed by atoms with Gasteiger partial charge in [-0.25, -0.2) is 4.79 Å². The second-order valence-electron chi connectivity index (χ2n) is 8.37. The fourth-order valence-corrected chi connectivity index (χ4v) is 4.44. The number of aryl methyl sites for hydroxylation is 1. The number of hydrogen-bond donors (Lipinski definition) is 1. The number of carbonyl (C=O) groups excluding carboxylic acids is 5. The van der Waals surface area contributed by atoms with E-state index in [9.17, 15) is 24.0 Å². The van der Waals surface area contributed by atoms with Gasteiger partial charge in [0.05, 0.1) is 23.7 Å². The average Bonchev–Trinajstić information content (AvgIpc) is 3.16. The lowest BCUT2D eigenvalue weighted by Gasteiger charge is -2.28. The van der Waals surface area contributed by atoms with E-state index in [0.29, 0.717) is 37.6 Å². The molecule has 0 spiro atoms. The van der Waals surface area contributed by atoms with Crippen molar-refractivity contribution in [3.05, 3.63) is 70.1 Å². The second kappa shape index (κ2) is 11.8. The van der Waals surface area contributed by atoms with Crippen LogP contribution in [0.1, 0.15) is 21.5 Å². The van der Waals surface area contributed by atoms with Gasteiger partial charge in [0.25, 0.3) is 17.1 Å². The van der Waals surface area contributed by atoms with E-state index in [4.69, 9.17) is 9.47 Å². The Morgan fingerprint density at radius 1 is 1.03 bits per heavy atom. The van der Waals surface area contributed by atoms with Gasteiger partial charge in [0.2, 0.25) is 5.91 Å². The molecule has 0 bridgehead atoms. The molecule has 2 aromatic carbocycles. The number of rotatable bonds is 7. The first kappa shape index (κ1) is 26.1. The predicted molar refractivity (Wildman–Crippen MR) is 137 cm³/mol. The van der Waals surface area contributed by atoms with E-state index in [1.54, 1.807) is 29.2 Å². The van der Waals surface area contributed by atoms with Crippen LogP contribution in [0.5, 0.6) is 0 Å². The van der Waals surface area contributed by atoms with Crippen molar-refractivity contribution in [3.8, 4) is 0 Å². The van der Waals surface area contributed by atoms with Gasteiger partial charge in [0.1, 0.15) is 6.54 Å². The summed E-state index contributed by atoms with van der Waals surface area (Å²) in [7, 11) is 0. The number of carbonyl (C=O) groups is 5. The summed E-state index contributed by atoms with van der Waals surface area (Å²) < 4.78 is 10.3. The molecule has 2 fully saturated rings. The van der Waals surface area contributed by atoms with Crippen LogP contribution in [0.25, 0.3) is 6.08 Å². The van der Waals surface area contributed by atoms with E-state index in [1.807, 2.05) is 19.1 Å². The second-order valence-corrected chi connectivity index (χ2v) is 9.37. The van der Waals surface area contributed by atoms with E-state index in [1.165, 1.54) is 18.2 Å². The highest BCUT2D eigenvalue weighted by molar-refractivity contribution is 8.18. The molecule has 37 heavy (non-hydrogen) atoms. The van der Waals surface area contributed by atoms with Crippen molar-refractivity contribution in [1.29, 1.82) is 0 Å². The maximum Gasteiger partial charge on any atom is 0.338 e. The quantitative estimate of drug-likeness (QED) is 0.434. The number of hydrogen-bond acceptors (Lipinski definition) is 8. The third-order valence-corrected chi connectivity index (χ3v) is 6.55. The molecule has 2 saturated heterocycles. The molecule has 192 valence electrons. The molecule has 0 atom stereocenters. The maximum atomic E-state index is 12.7. The molecule has 0 aromatic heterocycles. The van der Waals surface area contributed by atoms with Gasteiger partial charge in [0.15, 0.2) is 6.61 Å². The minimum Gasteiger partial charge on any atom is -0.452 e. The third kappa shape index (κ3) is 6.83. The van der Waals surface area contributed by atoms with E-state index < -0.39 is 29.6 Å². The van der Waals surface area contributed by atoms with Gasteiger partial charge < -0.3 is 19.7 Å². The summed E-state index contributed by atoms with van der Waals surface area (Å²) in [4.78, 5) is 64.5. The fraction of sp³-hybridized carbons (Fsp3) is 0.269. The van der Waals surface area contributed by atoms with E-state index in [-0.39, 0.29) is 22.9 Å². The predicted octanol–water partition coefficient (Wildman–Crippen LogP) is 2.69. The largest absolute Gasteiger partial charge is 0.452 e. The van der Waals surface area contributed by atoms with Gasteiger partial charge in [-0.15, -0.1) is 0 Å². The number of morpholine rings is 1. The number of esters is 1. The van der Waals surface area contributed by atoms with E-state index in [2.05, 4.69) is 5.32 Å². The number of nitrogens with one attached hydrogen (secondary N) is 1. The van der Waals surface area contributed by atoms with E-state index in [0.717, 1.165) is 22.2 Å². The average molecular weight is 524 g/mol. The van der Waals surface area contributed by atoms with Crippen LogP contribution in [0, 0.1) is 6.92 Å². The lowest BCUT2D eigenvalue weighted by atomic mass is 10.1. The summed E-state index contributed by atoms with van der Waals surface area (Å²) in [5, 5.41) is 2.14. The van der Waals surface area contributed by atoms with Crippen molar-refractivity contribution < 1.29 is 33.4 Å². The molecule has 11 heteroatoms. The molecule has 4 amide bonds. The molecule has 0 unspecified atom stereocenters. The zero-order valence-corrected chi connectivity index (χ0v) is 20.9. The van der Waals surface area contributed by atoms with Crippen molar-refractivity contribution in [2.45, 2.75) is 6.92 Å². The lowest BCUT2D eigenvalue weighted by Crippen LogP contribution is -2.46. The van der Waals surface area contributed by atoms with Crippen molar-refractivity contribution in [2.75, 3.05) is 44.8 Å². The molecule has 0 saturated carbocycles. The molecular weight excluding hydrogens is 498 g/mol. The molecule has 0 aliphatic carbocycles. The number of anilines is 1. The van der Waals surface area contributed by atoms with Gasteiger partial charge in [0, 0.05) is 18.8 Å².